The van der Waals surface area contributed by atoms with Crippen LogP contribution < -0.4 is 10.1 Å². The average molecular weight is 328 g/mol. The Labute approximate surface area is 123 Å². The minimum Gasteiger partial charge on any atom is -0.492 e. The van der Waals surface area contributed by atoms with Crippen molar-refractivity contribution in [2.24, 2.45) is 0 Å². The lowest BCUT2D eigenvalue weighted by atomic mass is 10.1. The van der Waals surface area contributed by atoms with Crippen LogP contribution in [0.5, 0.6) is 5.75 Å². The zero-order valence-electron chi connectivity index (χ0n) is 11.6. The van der Waals surface area contributed by atoms with E-state index in [1.807, 2.05) is 12.1 Å². The first kappa shape index (κ1) is 14.8. The van der Waals surface area contributed by atoms with Gasteiger partial charge in [0.25, 0.3) is 0 Å². The summed E-state index contributed by atoms with van der Waals surface area (Å²) in [6.45, 7) is 6.66. The molecule has 2 unspecified atom stereocenters. The lowest BCUT2D eigenvalue weighted by Gasteiger charge is -2.20. The number of hydrogen-bond donors (Lipinski definition) is 1. The fourth-order valence-electron chi connectivity index (χ4n) is 2.31. The first-order valence-electron chi connectivity index (χ1n) is 6.91. The molecule has 1 saturated heterocycles. The minimum atomic E-state index is 0.368. The Morgan fingerprint density at radius 1 is 1.53 bits per heavy atom. The molecule has 0 radical (unpaired) electrons. The Morgan fingerprint density at radius 3 is 3.11 bits per heavy atom. The molecular weight excluding hydrogens is 306 g/mol. The molecule has 0 aliphatic carbocycles. The molecule has 3 nitrogen and oxygen atoms in total. The molecule has 0 spiro atoms. The van der Waals surface area contributed by atoms with Crippen LogP contribution in [0.2, 0.25) is 0 Å². The van der Waals surface area contributed by atoms with E-state index in [9.17, 15) is 0 Å². The van der Waals surface area contributed by atoms with Gasteiger partial charge in [-0.2, -0.15) is 0 Å². The van der Waals surface area contributed by atoms with Crippen LogP contribution in [-0.2, 0) is 4.74 Å². The lowest BCUT2D eigenvalue weighted by Crippen LogP contribution is -2.39. The van der Waals surface area contributed by atoms with Gasteiger partial charge in [0.15, 0.2) is 0 Å². The van der Waals surface area contributed by atoms with E-state index < -0.39 is 0 Å². The highest BCUT2D eigenvalue weighted by molar-refractivity contribution is 9.10. The van der Waals surface area contributed by atoms with Gasteiger partial charge in [0, 0.05) is 23.7 Å². The summed E-state index contributed by atoms with van der Waals surface area (Å²) in [5.74, 6) is 0.945. The number of benzene rings is 1. The summed E-state index contributed by atoms with van der Waals surface area (Å²) in [5.41, 5.74) is 1.16. The largest absolute Gasteiger partial charge is 0.492 e. The molecule has 106 valence electrons. The van der Waals surface area contributed by atoms with Gasteiger partial charge in [-0.15, -0.1) is 0 Å². The summed E-state index contributed by atoms with van der Waals surface area (Å²) in [7, 11) is 0. The Balaban J connectivity index is 1.70. The van der Waals surface area contributed by atoms with Crippen molar-refractivity contribution in [2.75, 3.05) is 19.8 Å². The van der Waals surface area contributed by atoms with Gasteiger partial charge in [0.05, 0.1) is 6.10 Å². The Kier molecular flexibility index (Phi) is 5.67. The zero-order valence-corrected chi connectivity index (χ0v) is 13.2. The number of ether oxygens (including phenoxy) is 2. The van der Waals surface area contributed by atoms with Gasteiger partial charge in [-0.3, -0.25) is 0 Å². The van der Waals surface area contributed by atoms with E-state index in [2.05, 4.69) is 41.2 Å². The Hall–Kier alpha value is -0.580. The molecule has 2 rings (SSSR count). The first-order valence-corrected chi connectivity index (χ1v) is 7.70. The van der Waals surface area contributed by atoms with Gasteiger partial charge in [0.2, 0.25) is 0 Å². The summed E-state index contributed by atoms with van der Waals surface area (Å²) in [5, 5.41) is 3.47. The van der Waals surface area contributed by atoms with E-state index in [-0.39, 0.29) is 0 Å². The summed E-state index contributed by atoms with van der Waals surface area (Å²) in [6.07, 6.45) is 2.72. The first-order chi connectivity index (χ1) is 9.16. The van der Waals surface area contributed by atoms with Crippen molar-refractivity contribution in [3.05, 3.63) is 28.2 Å². The van der Waals surface area contributed by atoms with E-state index in [4.69, 9.17) is 9.47 Å². The lowest BCUT2D eigenvalue weighted by molar-refractivity contribution is 0.0824. The van der Waals surface area contributed by atoms with Crippen molar-refractivity contribution >= 4 is 15.9 Å². The van der Waals surface area contributed by atoms with Gasteiger partial charge >= 0.3 is 0 Å². The highest BCUT2D eigenvalue weighted by Crippen LogP contribution is 2.22. The molecule has 4 heteroatoms. The van der Waals surface area contributed by atoms with Crippen LogP contribution >= 0.6 is 15.9 Å². The normalized spacial score (nSPS) is 20.5. The van der Waals surface area contributed by atoms with Crippen LogP contribution in [0.3, 0.4) is 0 Å². The fraction of sp³-hybridized carbons (Fsp3) is 0.600. The summed E-state index contributed by atoms with van der Waals surface area (Å²) >= 11 is 3.46. The summed E-state index contributed by atoms with van der Waals surface area (Å²) in [4.78, 5) is 0. The van der Waals surface area contributed by atoms with Crippen molar-refractivity contribution in [2.45, 2.75) is 38.8 Å². The summed E-state index contributed by atoms with van der Waals surface area (Å²) < 4.78 is 12.5. The maximum atomic E-state index is 5.80. The van der Waals surface area contributed by atoms with Gasteiger partial charge in [-0.1, -0.05) is 22.0 Å². The molecule has 0 amide bonds. The van der Waals surface area contributed by atoms with Crippen molar-refractivity contribution in [1.29, 1.82) is 0 Å². The molecule has 19 heavy (non-hydrogen) atoms. The monoisotopic (exact) mass is 327 g/mol. The van der Waals surface area contributed by atoms with Crippen molar-refractivity contribution in [1.82, 2.24) is 5.32 Å². The second-order valence-corrected chi connectivity index (χ2v) is 5.97. The quantitative estimate of drug-likeness (QED) is 0.813. The molecule has 2 atom stereocenters. The highest BCUT2D eigenvalue weighted by Gasteiger charge is 2.21. The minimum absolute atomic E-state index is 0.368. The third-order valence-corrected chi connectivity index (χ3v) is 3.99. The predicted molar refractivity (Wildman–Crippen MR) is 80.8 cm³/mol. The average Bonchev–Trinajstić information content (AvgIpc) is 2.92. The maximum absolute atomic E-state index is 5.80. The number of halogens is 1. The molecule has 1 N–H and O–H groups in total. The second-order valence-electron chi connectivity index (χ2n) is 5.05. The third-order valence-electron chi connectivity index (χ3n) is 3.50. The number of nitrogens with one attached hydrogen (secondary N) is 1. The molecule has 1 aromatic carbocycles. The second kappa shape index (κ2) is 7.27. The molecule has 1 aromatic rings. The highest BCUT2D eigenvalue weighted by atomic mass is 79.9. The van der Waals surface area contributed by atoms with Gasteiger partial charge in [-0.25, -0.2) is 0 Å². The van der Waals surface area contributed by atoms with Crippen LogP contribution in [0, 0.1) is 6.92 Å². The molecule has 0 saturated carbocycles. The SMILES string of the molecule is Cc1ccc(Br)cc1OCCNC(C)C1CCCO1. The number of aryl methyl sites for hydroxylation is 1. The van der Waals surface area contributed by atoms with E-state index in [1.54, 1.807) is 0 Å². The van der Waals surface area contributed by atoms with Crippen molar-refractivity contribution in [3.8, 4) is 5.75 Å². The maximum Gasteiger partial charge on any atom is 0.123 e. The van der Waals surface area contributed by atoms with Crippen LogP contribution in [0.1, 0.15) is 25.3 Å². The van der Waals surface area contributed by atoms with Crippen molar-refractivity contribution in [3.63, 3.8) is 0 Å². The predicted octanol–water partition coefficient (Wildman–Crippen LogP) is 3.29. The number of rotatable bonds is 6. The zero-order chi connectivity index (χ0) is 13.7. The van der Waals surface area contributed by atoms with Crippen LogP contribution in [0.4, 0.5) is 0 Å². The van der Waals surface area contributed by atoms with Crippen LogP contribution in [0.25, 0.3) is 0 Å². The molecular formula is C15H22BrNO2. The Bertz CT molecular complexity index is 405. The van der Waals surface area contributed by atoms with Crippen molar-refractivity contribution < 1.29 is 9.47 Å². The van der Waals surface area contributed by atoms with Crippen LogP contribution in [0.15, 0.2) is 22.7 Å². The van der Waals surface area contributed by atoms with Gasteiger partial charge in [-0.05, 0) is 44.4 Å². The number of hydrogen-bond acceptors (Lipinski definition) is 3. The van der Waals surface area contributed by atoms with E-state index in [0.717, 1.165) is 28.9 Å². The van der Waals surface area contributed by atoms with E-state index in [0.29, 0.717) is 18.8 Å². The third kappa shape index (κ3) is 4.48. The smallest absolute Gasteiger partial charge is 0.123 e. The van der Waals surface area contributed by atoms with Gasteiger partial charge < -0.3 is 14.8 Å². The molecule has 1 aliphatic heterocycles. The van der Waals surface area contributed by atoms with Crippen LogP contribution in [-0.4, -0.2) is 31.9 Å². The molecule has 1 heterocycles. The summed E-state index contributed by atoms with van der Waals surface area (Å²) in [6, 6.07) is 6.50. The van der Waals surface area contributed by atoms with Gasteiger partial charge in [0.1, 0.15) is 12.4 Å². The van der Waals surface area contributed by atoms with E-state index in [1.165, 1.54) is 12.8 Å². The standard InChI is InChI=1S/C15H22BrNO2/c1-11-5-6-13(16)10-15(11)19-9-7-17-12(2)14-4-3-8-18-14/h5-6,10,12,14,17H,3-4,7-9H2,1-2H3. The van der Waals surface area contributed by atoms with E-state index >= 15 is 0 Å². The fourth-order valence-corrected chi connectivity index (χ4v) is 2.65. The molecule has 0 aromatic heterocycles. The molecule has 1 fully saturated rings. The topological polar surface area (TPSA) is 30.5 Å². The Morgan fingerprint density at radius 2 is 2.37 bits per heavy atom. The molecule has 1 aliphatic rings. The molecule has 0 bridgehead atoms.